The van der Waals surface area contributed by atoms with Gasteiger partial charge in [0.1, 0.15) is 5.75 Å². The quantitative estimate of drug-likeness (QED) is 0.769. The van der Waals surface area contributed by atoms with Crippen molar-refractivity contribution in [3.8, 4) is 5.75 Å². The first-order chi connectivity index (χ1) is 11.4. The smallest absolute Gasteiger partial charge is 0.335 e. The van der Waals surface area contributed by atoms with Gasteiger partial charge in [0.15, 0.2) is 0 Å². The number of rotatable bonds is 3. The van der Waals surface area contributed by atoms with Crippen molar-refractivity contribution in [2.75, 3.05) is 5.75 Å². The molecule has 0 aliphatic carbocycles. The van der Waals surface area contributed by atoms with Gasteiger partial charge in [-0.05, 0) is 46.9 Å². The summed E-state index contributed by atoms with van der Waals surface area (Å²) in [6.07, 6.45) is 4.92. The van der Waals surface area contributed by atoms with E-state index < -0.39 is 5.97 Å². The first-order valence-electron chi connectivity index (χ1n) is 7.88. The van der Waals surface area contributed by atoms with E-state index in [0.717, 1.165) is 17.7 Å². The molecular formula is C20H20O3S. The van der Waals surface area contributed by atoms with E-state index >= 15 is 0 Å². The average molecular weight is 340 g/mol. The summed E-state index contributed by atoms with van der Waals surface area (Å²) < 4.78 is 0. The maximum absolute atomic E-state index is 10.9. The Morgan fingerprint density at radius 1 is 1.17 bits per heavy atom. The molecule has 1 heterocycles. The van der Waals surface area contributed by atoms with Crippen LogP contribution in [0.25, 0.3) is 12.2 Å². The van der Waals surface area contributed by atoms with Crippen molar-refractivity contribution in [3.05, 3.63) is 58.7 Å². The Morgan fingerprint density at radius 2 is 1.96 bits per heavy atom. The van der Waals surface area contributed by atoms with Gasteiger partial charge in [-0.3, -0.25) is 0 Å². The van der Waals surface area contributed by atoms with Crippen molar-refractivity contribution in [1.82, 2.24) is 0 Å². The molecule has 3 rings (SSSR count). The van der Waals surface area contributed by atoms with Crippen molar-refractivity contribution in [1.29, 1.82) is 0 Å². The first kappa shape index (κ1) is 16.7. The number of hydrogen-bond donors (Lipinski definition) is 2. The molecule has 0 amide bonds. The van der Waals surface area contributed by atoms with Crippen LogP contribution in [0.1, 0.15) is 47.3 Å². The summed E-state index contributed by atoms with van der Waals surface area (Å²) in [5, 5.41) is 18.9. The second-order valence-corrected chi connectivity index (χ2v) is 7.79. The molecule has 0 saturated carbocycles. The van der Waals surface area contributed by atoms with Crippen LogP contribution in [0.4, 0.5) is 0 Å². The molecule has 0 spiro atoms. The summed E-state index contributed by atoms with van der Waals surface area (Å²) in [6, 6.07) is 10.8. The van der Waals surface area contributed by atoms with Gasteiger partial charge in [-0.1, -0.05) is 44.2 Å². The third-order valence-electron chi connectivity index (χ3n) is 4.45. The van der Waals surface area contributed by atoms with Gasteiger partial charge in [-0.15, -0.1) is 11.8 Å². The van der Waals surface area contributed by atoms with Gasteiger partial charge in [0.25, 0.3) is 0 Å². The number of thioether (sulfide) groups is 1. The van der Waals surface area contributed by atoms with Crippen molar-refractivity contribution >= 4 is 29.9 Å². The number of carboxylic acid groups (broad SMARTS) is 1. The lowest BCUT2D eigenvalue weighted by Gasteiger charge is -2.32. The third kappa shape index (κ3) is 3.34. The van der Waals surface area contributed by atoms with Crippen molar-refractivity contribution in [2.24, 2.45) is 0 Å². The van der Waals surface area contributed by atoms with Crippen LogP contribution in [0.5, 0.6) is 5.75 Å². The lowest BCUT2D eigenvalue weighted by molar-refractivity contribution is 0.0696. The van der Waals surface area contributed by atoms with Gasteiger partial charge in [0, 0.05) is 10.5 Å². The fourth-order valence-electron chi connectivity index (χ4n) is 2.86. The molecule has 4 heteroatoms. The van der Waals surface area contributed by atoms with Crippen LogP contribution < -0.4 is 0 Å². The van der Waals surface area contributed by atoms with E-state index in [9.17, 15) is 9.90 Å². The molecule has 124 valence electrons. The Balaban J connectivity index is 1.89. The molecule has 24 heavy (non-hydrogen) atoms. The Morgan fingerprint density at radius 3 is 2.67 bits per heavy atom. The Bertz CT molecular complexity index is 822. The summed E-state index contributed by atoms with van der Waals surface area (Å²) in [5.74, 6) is 0.0779. The number of hydrogen-bond acceptors (Lipinski definition) is 3. The van der Waals surface area contributed by atoms with E-state index in [0.29, 0.717) is 5.56 Å². The van der Waals surface area contributed by atoms with Crippen LogP contribution in [-0.2, 0) is 5.41 Å². The zero-order valence-corrected chi connectivity index (χ0v) is 14.6. The van der Waals surface area contributed by atoms with E-state index in [2.05, 4.69) is 32.0 Å². The fraction of sp³-hybridized carbons (Fsp3) is 0.250. The van der Waals surface area contributed by atoms with Gasteiger partial charge >= 0.3 is 5.97 Å². The van der Waals surface area contributed by atoms with Gasteiger partial charge < -0.3 is 10.2 Å². The molecule has 2 aromatic rings. The zero-order chi connectivity index (χ0) is 17.3. The predicted octanol–water partition coefficient (Wildman–Crippen LogP) is 5.03. The molecule has 0 unspecified atom stereocenters. The molecule has 0 atom stereocenters. The molecule has 0 bridgehead atoms. The van der Waals surface area contributed by atoms with E-state index in [1.165, 1.54) is 22.6 Å². The molecule has 0 fully saturated rings. The molecule has 0 radical (unpaired) electrons. The minimum Gasteiger partial charge on any atom is -0.507 e. The number of phenols is 1. The van der Waals surface area contributed by atoms with E-state index in [-0.39, 0.29) is 16.7 Å². The molecule has 2 aromatic carbocycles. The predicted molar refractivity (Wildman–Crippen MR) is 98.8 cm³/mol. The van der Waals surface area contributed by atoms with Crippen LogP contribution in [0.2, 0.25) is 0 Å². The van der Waals surface area contributed by atoms with Gasteiger partial charge in [0.05, 0.1) is 5.56 Å². The monoisotopic (exact) mass is 340 g/mol. The topological polar surface area (TPSA) is 57.5 Å². The number of benzene rings is 2. The maximum Gasteiger partial charge on any atom is 0.335 e. The Kier molecular flexibility index (Phi) is 4.41. The summed E-state index contributed by atoms with van der Waals surface area (Å²) in [4.78, 5) is 12.3. The van der Waals surface area contributed by atoms with Crippen LogP contribution in [0, 0.1) is 0 Å². The van der Waals surface area contributed by atoms with Crippen LogP contribution in [-0.4, -0.2) is 21.9 Å². The number of fused-ring (bicyclic) bond motifs is 1. The van der Waals surface area contributed by atoms with Crippen LogP contribution in [0.3, 0.4) is 0 Å². The molecule has 1 aliphatic rings. The zero-order valence-electron chi connectivity index (χ0n) is 13.7. The van der Waals surface area contributed by atoms with E-state index in [1.54, 1.807) is 6.07 Å². The Hall–Kier alpha value is -2.20. The summed E-state index contributed by atoms with van der Waals surface area (Å²) in [6.45, 7) is 4.55. The lowest BCUT2D eigenvalue weighted by atomic mass is 9.81. The van der Waals surface area contributed by atoms with E-state index in [1.807, 2.05) is 23.9 Å². The van der Waals surface area contributed by atoms with Gasteiger partial charge in [0.2, 0.25) is 0 Å². The summed E-state index contributed by atoms with van der Waals surface area (Å²) in [7, 11) is 0. The normalized spacial score (nSPS) is 16.1. The third-order valence-corrected chi connectivity index (χ3v) is 5.53. The van der Waals surface area contributed by atoms with Gasteiger partial charge in [-0.25, -0.2) is 4.79 Å². The highest BCUT2D eigenvalue weighted by atomic mass is 32.2. The second-order valence-electron chi connectivity index (χ2n) is 6.65. The molecule has 1 aliphatic heterocycles. The van der Waals surface area contributed by atoms with Crippen molar-refractivity contribution in [2.45, 2.75) is 30.6 Å². The highest BCUT2D eigenvalue weighted by Gasteiger charge is 2.27. The largest absolute Gasteiger partial charge is 0.507 e. The second kappa shape index (κ2) is 6.36. The average Bonchev–Trinajstić information content (AvgIpc) is 2.53. The molecule has 0 saturated heterocycles. The maximum atomic E-state index is 10.9. The number of phenolic OH excluding ortho intramolecular Hbond substituents is 1. The lowest BCUT2D eigenvalue weighted by Crippen LogP contribution is -2.22. The molecule has 2 N–H and O–H groups in total. The Labute approximate surface area is 146 Å². The molecule has 3 nitrogen and oxygen atoms in total. The standard InChI is InChI=1S/C20H20O3S/c1-20(2)9-10-24-18-8-4-13(11-16(18)20)3-5-14-6-7-15(19(22)23)12-17(14)21/h3-8,11-12,21H,9-10H2,1-2H3,(H,22,23). The number of carbonyl (C=O) groups is 1. The number of aromatic carboxylic acids is 1. The minimum absolute atomic E-state index is 0.0278. The fourth-order valence-corrected chi connectivity index (χ4v) is 4.35. The molecular weight excluding hydrogens is 320 g/mol. The first-order valence-corrected chi connectivity index (χ1v) is 8.87. The van der Waals surface area contributed by atoms with Crippen LogP contribution in [0.15, 0.2) is 41.3 Å². The van der Waals surface area contributed by atoms with Gasteiger partial charge in [-0.2, -0.15) is 0 Å². The highest BCUT2D eigenvalue weighted by molar-refractivity contribution is 7.99. The SMILES string of the molecule is CC1(C)CCSc2ccc(C=Cc3ccc(C(=O)O)cc3O)cc21. The van der Waals surface area contributed by atoms with Crippen molar-refractivity contribution < 1.29 is 15.0 Å². The minimum atomic E-state index is -1.05. The highest BCUT2D eigenvalue weighted by Crippen LogP contribution is 2.41. The number of aromatic hydroxyl groups is 1. The van der Waals surface area contributed by atoms with E-state index in [4.69, 9.17) is 5.11 Å². The molecule has 0 aromatic heterocycles. The van der Waals surface area contributed by atoms with Crippen LogP contribution >= 0.6 is 11.8 Å². The summed E-state index contributed by atoms with van der Waals surface area (Å²) in [5.41, 5.74) is 3.30. The summed E-state index contributed by atoms with van der Waals surface area (Å²) >= 11 is 1.90. The van der Waals surface area contributed by atoms with Crippen molar-refractivity contribution in [3.63, 3.8) is 0 Å². The number of carboxylic acids is 1.